The molecule has 0 radical (unpaired) electrons. The zero-order chi connectivity index (χ0) is 18.1. The normalized spacial score (nSPS) is 11.3. The van der Waals surface area contributed by atoms with Crippen LogP contribution in [0.3, 0.4) is 0 Å². The molecule has 2 N–H and O–H groups in total. The van der Waals surface area contributed by atoms with Crippen LogP contribution in [0.5, 0.6) is 0 Å². The fraction of sp³-hybridized carbons (Fsp3) is 0.222. The van der Waals surface area contributed by atoms with E-state index in [1.54, 1.807) is 23.1 Å². The molecule has 0 unspecified atom stereocenters. The molecule has 0 saturated carbocycles. The summed E-state index contributed by atoms with van der Waals surface area (Å²) in [4.78, 5) is 16.8. The average Bonchev–Trinajstić information content (AvgIpc) is 3.33. The minimum atomic E-state index is -0.263. The minimum Gasteiger partial charge on any atom is -0.318 e. The Morgan fingerprint density at radius 1 is 1.31 bits per heavy atom. The lowest BCUT2D eigenvalue weighted by molar-refractivity contribution is 0.102. The van der Waals surface area contributed by atoms with Crippen LogP contribution in [-0.2, 0) is 6.54 Å². The first-order valence-electron chi connectivity index (χ1n) is 8.40. The maximum Gasteiger partial charge on any atom is 0.276 e. The average molecular weight is 349 g/mol. The number of pyridine rings is 1. The lowest BCUT2D eigenvalue weighted by atomic mass is 10.1. The molecule has 1 amide bonds. The fourth-order valence-corrected chi connectivity index (χ4v) is 2.69. The molecule has 8 nitrogen and oxygen atoms in total. The number of fused-ring (bicyclic) bond motifs is 1. The summed E-state index contributed by atoms with van der Waals surface area (Å²) in [6, 6.07) is 7.63. The highest BCUT2D eigenvalue weighted by atomic mass is 16.1. The summed E-state index contributed by atoms with van der Waals surface area (Å²) in [5.41, 5.74) is 3.70. The SMILES string of the molecule is CC(C)c1cc(C(=O)Nc2cnn(Cc3cn4ccccc4n3)c2)n[nH]1. The van der Waals surface area contributed by atoms with Crippen LogP contribution >= 0.6 is 0 Å². The molecule has 0 aliphatic carbocycles. The Hall–Kier alpha value is -3.42. The van der Waals surface area contributed by atoms with Crippen molar-refractivity contribution < 1.29 is 4.79 Å². The van der Waals surface area contributed by atoms with Crippen molar-refractivity contribution in [2.45, 2.75) is 26.3 Å². The maximum absolute atomic E-state index is 12.3. The number of amides is 1. The van der Waals surface area contributed by atoms with Crippen LogP contribution in [0.4, 0.5) is 5.69 Å². The van der Waals surface area contributed by atoms with Gasteiger partial charge in [-0.3, -0.25) is 14.6 Å². The minimum absolute atomic E-state index is 0.263. The molecule has 0 aromatic carbocycles. The van der Waals surface area contributed by atoms with Crippen LogP contribution < -0.4 is 5.32 Å². The van der Waals surface area contributed by atoms with Crippen LogP contribution in [0, 0.1) is 0 Å². The summed E-state index contributed by atoms with van der Waals surface area (Å²) in [5.74, 6) is 0.0256. The first-order chi connectivity index (χ1) is 12.6. The molecule has 8 heteroatoms. The fourth-order valence-electron chi connectivity index (χ4n) is 2.69. The predicted molar refractivity (Wildman–Crippen MR) is 97.2 cm³/mol. The van der Waals surface area contributed by atoms with E-state index in [0.29, 0.717) is 17.9 Å². The molecule has 4 aromatic rings. The molecule has 0 bridgehead atoms. The van der Waals surface area contributed by atoms with Crippen molar-refractivity contribution in [2.24, 2.45) is 0 Å². The molecular formula is C18H19N7O. The zero-order valence-corrected chi connectivity index (χ0v) is 14.5. The summed E-state index contributed by atoms with van der Waals surface area (Å²) in [6.45, 7) is 4.61. The number of H-pyrrole nitrogens is 1. The van der Waals surface area contributed by atoms with E-state index in [-0.39, 0.29) is 11.8 Å². The summed E-state index contributed by atoms with van der Waals surface area (Å²) >= 11 is 0. The quantitative estimate of drug-likeness (QED) is 0.579. The van der Waals surface area contributed by atoms with Gasteiger partial charge in [0, 0.05) is 24.3 Å². The number of aromatic nitrogens is 6. The van der Waals surface area contributed by atoms with Crippen molar-refractivity contribution >= 4 is 17.2 Å². The summed E-state index contributed by atoms with van der Waals surface area (Å²) in [6.07, 6.45) is 7.31. The Balaban J connectivity index is 1.44. The van der Waals surface area contributed by atoms with Gasteiger partial charge in [-0.05, 0) is 24.1 Å². The first kappa shape index (κ1) is 16.1. The summed E-state index contributed by atoms with van der Waals surface area (Å²) in [5, 5.41) is 14.0. The zero-order valence-electron chi connectivity index (χ0n) is 14.5. The van der Waals surface area contributed by atoms with Gasteiger partial charge in [0.1, 0.15) is 5.65 Å². The lowest BCUT2D eigenvalue weighted by Crippen LogP contribution is -2.11. The second-order valence-electron chi connectivity index (χ2n) is 6.44. The highest BCUT2D eigenvalue weighted by Gasteiger charge is 2.13. The van der Waals surface area contributed by atoms with E-state index < -0.39 is 0 Å². The van der Waals surface area contributed by atoms with Gasteiger partial charge in [-0.1, -0.05) is 19.9 Å². The number of carbonyl (C=O) groups is 1. The van der Waals surface area contributed by atoms with E-state index in [9.17, 15) is 4.79 Å². The largest absolute Gasteiger partial charge is 0.318 e. The Morgan fingerprint density at radius 3 is 2.96 bits per heavy atom. The number of carbonyl (C=O) groups excluding carboxylic acids is 1. The van der Waals surface area contributed by atoms with Crippen molar-refractivity contribution in [3.8, 4) is 0 Å². The Morgan fingerprint density at radius 2 is 2.19 bits per heavy atom. The van der Waals surface area contributed by atoms with E-state index in [2.05, 4.69) is 25.6 Å². The summed E-state index contributed by atoms with van der Waals surface area (Å²) < 4.78 is 3.70. The number of hydrogen-bond acceptors (Lipinski definition) is 4. The van der Waals surface area contributed by atoms with Crippen molar-refractivity contribution in [3.05, 3.63) is 66.1 Å². The van der Waals surface area contributed by atoms with E-state index >= 15 is 0 Å². The Labute approximate surface area is 149 Å². The van der Waals surface area contributed by atoms with Gasteiger partial charge in [0.05, 0.1) is 24.1 Å². The van der Waals surface area contributed by atoms with E-state index in [0.717, 1.165) is 17.0 Å². The molecule has 0 saturated heterocycles. The van der Waals surface area contributed by atoms with Gasteiger partial charge in [-0.15, -0.1) is 0 Å². The van der Waals surface area contributed by atoms with Gasteiger partial charge < -0.3 is 9.72 Å². The molecular weight excluding hydrogens is 330 g/mol. The molecule has 0 aliphatic rings. The van der Waals surface area contributed by atoms with E-state index in [4.69, 9.17) is 0 Å². The second-order valence-corrected chi connectivity index (χ2v) is 6.44. The smallest absolute Gasteiger partial charge is 0.276 e. The topological polar surface area (TPSA) is 92.9 Å². The molecule has 4 heterocycles. The number of nitrogens with one attached hydrogen (secondary N) is 2. The van der Waals surface area contributed by atoms with Gasteiger partial charge in [-0.2, -0.15) is 10.2 Å². The van der Waals surface area contributed by atoms with Gasteiger partial charge in [0.15, 0.2) is 5.69 Å². The molecule has 0 spiro atoms. The van der Waals surface area contributed by atoms with Crippen molar-refractivity contribution in [1.29, 1.82) is 0 Å². The number of anilines is 1. The molecule has 132 valence electrons. The molecule has 0 aliphatic heterocycles. The number of imidazole rings is 1. The third-order valence-electron chi connectivity index (χ3n) is 4.08. The second kappa shape index (κ2) is 6.47. The van der Waals surface area contributed by atoms with Gasteiger partial charge in [0.2, 0.25) is 0 Å². The van der Waals surface area contributed by atoms with Crippen molar-refractivity contribution in [2.75, 3.05) is 5.32 Å². The highest BCUT2D eigenvalue weighted by molar-refractivity contribution is 6.02. The van der Waals surface area contributed by atoms with E-state index in [1.807, 2.05) is 48.8 Å². The molecule has 4 aromatic heterocycles. The van der Waals surface area contributed by atoms with Gasteiger partial charge >= 0.3 is 0 Å². The van der Waals surface area contributed by atoms with E-state index in [1.165, 1.54) is 0 Å². The number of aromatic amines is 1. The predicted octanol–water partition coefficient (Wildman–Crippen LogP) is 2.68. The standard InChI is InChI=1S/C18H19N7O/c1-12(2)15-7-16(23-22-15)18(26)21-13-8-19-25(10-13)11-14-9-24-6-4-3-5-17(24)20-14/h3-10,12H,11H2,1-2H3,(H,21,26)(H,22,23). The van der Waals surface area contributed by atoms with Crippen LogP contribution in [-0.4, -0.2) is 35.3 Å². The lowest BCUT2D eigenvalue weighted by Gasteiger charge is -1.99. The third-order valence-corrected chi connectivity index (χ3v) is 4.08. The third kappa shape index (κ3) is 3.21. The van der Waals surface area contributed by atoms with Crippen LogP contribution in [0.25, 0.3) is 5.65 Å². The molecule has 4 rings (SSSR count). The van der Waals surface area contributed by atoms with Crippen LogP contribution in [0.1, 0.15) is 41.6 Å². The van der Waals surface area contributed by atoms with Gasteiger partial charge in [-0.25, -0.2) is 4.98 Å². The van der Waals surface area contributed by atoms with Crippen molar-refractivity contribution in [3.63, 3.8) is 0 Å². The monoisotopic (exact) mass is 349 g/mol. The maximum atomic E-state index is 12.3. The number of nitrogens with zero attached hydrogens (tertiary/aromatic N) is 5. The Kier molecular flexibility index (Phi) is 4.00. The Bertz CT molecular complexity index is 1020. The molecule has 0 fully saturated rings. The van der Waals surface area contributed by atoms with Crippen molar-refractivity contribution in [1.82, 2.24) is 29.4 Å². The van der Waals surface area contributed by atoms with Crippen LogP contribution in [0.2, 0.25) is 0 Å². The van der Waals surface area contributed by atoms with Crippen LogP contribution in [0.15, 0.2) is 49.1 Å². The van der Waals surface area contributed by atoms with Gasteiger partial charge in [0.25, 0.3) is 5.91 Å². The first-order valence-corrected chi connectivity index (χ1v) is 8.40. The molecule has 0 atom stereocenters. The number of rotatable bonds is 5. The molecule has 26 heavy (non-hydrogen) atoms. The number of hydrogen-bond donors (Lipinski definition) is 2. The summed E-state index contributed by atoms with van der Waals surface area (Å²) in [7, 11) is 0. The highest BCUT2D eigenvalue weighted by Crippen LogP contribution is 2.14.